The number of methoxy groups -OCH3 is 1. The van der Waals surface area contributed by atoms with Crippen LogP contribution in [0, 0.1) is 22.9 Å². The Morgan fingerprint density at radius 2 is 1.88 bits per heavy atom. The Labute approximate surface area is 141 Å². The Kier molecular flexibility index (Phi) is 7.57. The molecule has 0 N–H and O–H groups in total. The van der Waals surface area contributed by atoms with Gasteiger partial charge in [-0.25, -0.2) is 4.79 Å². The van der Waals surface area contributed by atoms with Crippen LogP contribution in [0.5, 0.6) is 0 Å². The number of carbonyl (C=O) groups excluding carboxylic acids is 1. The highest BCUT2D eigenvalue weighted by atomic mass is 19.1. The molecule has 1 fully saturated rings. The number of nitrogens with zero attached hydrogens (tertiary/aromatic N) is 3. The predicted molar refractivity (Wildman–Crippen MR) is 88.5 cm³/mol. The fourth-order valence-electron chi connectivity index (χ4n) is 2.32. The molecule has 8 heteroatoms. The molecule has 0 radical (unpaired) electrons. The van der Waals surface area contributed by atoms with Gasteiger partial charge in [0.05, 0.1) is 12.0 Å². The number of nitro groups is 1. The van der Waals surface area contributed by atoms with Gasteiger partial charge in [-0.05, 0) is 26.3 Å². The standard InChI is InChI=1S/C9H18N2O2.C7H6FNO2/c1-8(2)10-4-6-11(7-5-10)9(12)13-3;1-5-3-2-4-6(7(5)8)9(10)11/h8H,4-7H2,1-3H3;2-4H,1H3. The summed E-state index contributed by atoms with van der Waals surface area (Å²) in [6, 6.07) is 4.65. The first kappa shape index (κ1) is 19.8. The first-order valence-electron chi connectivity index (χ1n) is 7.74. The van der Waals surface area contributed by atoms with Crippen molar-refractivity contribution >= 4 is 11.8 Å². The van der Waals surface area contributed by atoms with Gasteiger partial charge < -0.3 is 9.64 Å². The van der Waals surface area contributed by atoms with Crippen LogP contribution in [0.2, 0.25) is 0 Å². The summed E-state index contributed by atoms with van der Waals surface area (Å²) in [7, 11) is 1.43. The van der Waals surface area contributed by atoms with Gasteiger partial charge in [-0.1, -0.05) is 12.1 Å². The molecule has 1 heterocycles. The van der Waals surface area contributed by atoms with E-state index in [4.69, 9.17) is 0 Å². The Morgan fingerprint density at radius 1 is 1.29 bits per heavy atom. The molecule has 2 rings (SSSR count). The molecule has 0 spiro atoms. The molecule has 24 heavy (non-hydrogen) atoms. The molecule has 0 unspecified atom stereocenters. The van der Waals surface area contributed by atoms with Crippen molar-refractivity contribution in [2.75, 3.05) is 33.3 Å². The molecule has 1 aliphatic heterocycles. The SMILES string of the molecule is COC(=O)N1CCN(C(C)C)CC1.Cc1cccc([N+](=O)[O-])c1F. The van der Waals surface area contributed by atoms with Crippen LogP contribution >= 0.6 is 0 Å². The number of amides is 1. The summed E-state index contributed by atoms with van der Waals surface area (Å²) in [6.45, 7) is 9.30. The van der Waals surface area contributed by atoms with Crippen LogP contribution in [-0.2, 0) is 4.74 Å². The molecule has 1 aromatic rings. The van der Waals surface area contributed by atoms with Crippen molar-refractivity contribution in [2.45, 2.75) is 26.8 Å². The molecule has 1 saturated heterocycles. The minimum absolute atomic E-state index is 0.205. The third kappa shape index (κ3) is 5.45. The van der Waals surface area contributed by atoms with Crippen LogP contribution in [0.3, 0.4) is 0 Å². The maximum absolute atomic E-state index is 12.8. The van der Waals surface area contributed by atoms with E-state index in [2.05, 4.69) is 23.5 Å². The van der Waals surface area contributed by atoms with Crippen molar-refractivity contribution in [3.05, 3.63) is 39.7 Å². The molecule has 7 nitrogen and oxygen atoms in total. The average Bonchev–Trinajstić information content (AvgIpc) is 2.57. The van der Waals surface area contributed by atoms with E-state index < -0.39 is 16.4 Å². The molecule has 1 amide bonds. The van der Waals surface area contributed by atoms with Crippen molar-refractivity contribution in [1.82, 2.24) is 9.80 Å². The highest BCUT2D eigenvalue weighted by molar-refractivity contribution is 5.67. The number of carbonyl (C=O) groups is 1. The van der Waals surface area contributed by atoms with E-state index in [-0.39, 0.29) is 6.09 Å². The Bertz CT molecular complexity index is 572. The lowest BCUT2D eigenvalue weighted by molar-refractivity contribution is -0.387. The number of nitro benzene ring substituents is 1. The monoisotopic (exact) mass is 341 g/mol. The molecule has 0 aromatic heterocycles. The number of benzene rings is 1. The molecule has 0 saturated carbocycles. The van der Waals surface area contributed by atoms with E-state index in [1.54, 1.807) is 4.90 Å². The molecule has 0 bridgehead atoms. The van der Waals surface area contributed by atoms with Crippen molar-refractivity contribution in [1.29, 1.82) is 0 Å². The fraction of sp³-hybridized carbons (Fsp3) is 0.562. The lowest BCUT2D eigenvalue weighted by atomic mass is 10.2. The van der Waals surface area contributed by atoms with Crippen molar-refractivity contribution in [2.24, 2.45) is 0 Å². The first-order chi connectivity index (χ1) is 11.3. The number of ether oxygens (including phenoxy) is 1. The summed E-state index contributed by atoms with van der Waals surface area (Å²) in [5.74, 6) is -0.752. The average molecular weight is 341 g/mol. The lowest BCUT2D eigenvalue weighted by Crippen LogP contribution is -2.50. The fourth-order valence-corrected chi connectivity index (χ4v) is 2.32. The minimum atomic E-state index is -0.752. The molecule has 0 aliphatic carbocycles. The summed E-state index contributed by atoms with van der Waals surface area (Å²) in [5, 5.41) is 10.1. The van der Waals surface area contributed by atoms with Gasteiger partial charge in [0.1, 0.15) is 0 Å². The van der Waals surface area contributed by atoms with Gasteiger partial charge in [0, 0.05) is 38.3 Å². The topological polar surface area (TPSA) is 75.9 Å². The number of hydrogen-bond donors (Lipinski definition) is 0. The first-order valence-corrected chi connectivity index (χ1v) is 7.74. The maximum Gasteiger partial charge on any atom is 0.409 e. The third-order valence-corrected chi connectivity index (χ3v) is 3.85. The molecular weight excluding hydrogens is 317 g/mol. The highest BCUT2D eigenvalue weighted by Crippen LogP contribution is 2.18. The number of rotatable bonds is 2. The quantitative estimate of drug-likeness (QED) is 0.611. The second-order valence-electron chi connectivity index (χ2n) is 5.75. The van der Waals surface area contributed by atoms with Gasteiger partial charge in [0.15, 0.2) is 0 Å². The molecular formula is C16H24FN3O4. The summed E-state index contributed by atoms with van der Waals surface area (Å²) >= 11 is 0. The Hall–Kier alpha value is -2.22. The van der Waals surface area contributed by atoms with Crippen molar-refractivity contribution in [3.8, 4) is 0 Å². The largest absolute Gasteiger partial charge is 0.453 e. The van der Waals surface area contributed by atoms with Gasteiger partial charge in [-0.3, -0.25) is 15.0 Å². The summed E-state index contributed by atoms with van der Waals surface area (Å²) in [5.41, 5.74) is -0.177. The number of aryl methyl sites for hydroxylation is 1. The maximum atomic E-state index is 12.8. The second kappa shape index (κ2) is 9.17. The van der Waals surface area contributed by atoms with E-state index in [0.717, 1.165) is 32.2 Å². The number of piperazine rings is 1. The molecule has 134 valence electrons. The normalized spacial score (nSPS) is 14.8. The van der Waals surface area contributed by atoms with Gasteiger partial charge in [0.2, 0.25) is 5.82 Å². The number of halogens is 1. The van der Waals surface area contributed by atoms with E-state index >= 15 is 0 Å². The van der Waals surface area contributed by atoms with E-state index in [9.17, 15) is 19.3 Å². The van der Waals surface area contributed by atoms with E-state index in [0.29, 0.717) is 11.6 Å². The summed E-state index contributed by atoms with van der Waals surface area (Å²) in [6.07, 6.45) is -0.205. The van der Waals surface area contributed by atoms with E-state index in [1.165, 1.54) is 26.2 Å². The Morgan fingerprint density at radius 3 is 2.29 bits per heavy atom. The predicted octanol–water partition coefficient (Wildman–Crippen LogP) is 2.82. The van der Waals surface area contributed by atoms with Crippen LogP contribution in [-0.4, -0.2) is 60.1 Å². The van der Waals surface area contributed by atoms with Crippen LogP contribution in [0.15, 0.2) is 18.2 Å². The highest BCUT2D eigenvalue weighted by Gasteiger charge is 2.22. The zero-order valence-corrected chi connectivity index (χ0v) is 14.5. The molecule has 0 atom stereocenters. The summed E-state index contributed by atoms with van der Waals surface area (Å²) in [4.78, 5) is 24.6. The third-order valence-electron chi connectivity index (χ3n) is 3.85. The van der Waals surface area contributed by atoms with Gasteiger partial charge in [-0.2, -0.15) is 4.39 Å². The van der Waals surface area contributed by atoms with Crippen LogP contribution in [0.4, 0.5) is 14.9 Å². The second-order valence-corrected chi connectivity index (χ2v) is 5.75. The minimum Gasteiger partial charge on any atom is -0.453 e. The lowest BCUT2D eigenvalue weighted by Gasteiger charge is -2.36. The molecule has 1 aromatic carbocycles. The van der Waals surface area contributed by atoms with Crippen LogP contribution < -0.4 is 0 Å². The zero-order chi connectivity index (χ0) is 18.3. The van der Waals surface area contributed by atoms with Crippen molar-refractivity contribution in [3.63, 3.8) is 0 Å². The van der Waals surface area contributed by atoms with Crippen molar-refractivity contribution < 1.29 is 18.8 Å². The van der Waals surface area contributed by atoms with Gasteiger partial charge in [-0.15, -0.1) is 0 Å². The number of hydrogen-bond acceptors (Lipinski definition) is 5. The summed E-state index contributed by atoms with van der Waals surface area (Å²) < 4.78 is 17.5. The van der Waals surface area contributed by atoms with E-state index in [1.807, 2.05) is 0 Å². The Balaban J connectivity index is 0.000000243. The molecule has 1 aliphatic rings. The van der Waals surface area contributed by atoms with Gasteiger partial charge in [0.25, 0.3) is 0 Å². The smallest absolute Gasteiger partial charge is 0.409 e. The van der Waals surface area contributed by atoms with Crippen LogP contribution in [0.1, 0.15) is 19.4 Å². The van der Waals surface area contributed by atoms with Gasteiger partial charge >= 0.3 is 11.8 Å². The van der Waals surface area contributed by atoms with Crippen LogP contribution in [0.25, 0.3) is 0 Å². The zero-order valence-electron chi connectivity index (χ0n) is 14.5.